The van der Waals surface area contributed by atoms with E-state index in [1.807, 2.05) is 36.5 Å². The van der Waals surface area contributed by atoms with Crippen LogP contribution in [0.3, 0.4) is 0 Å². The summed E-state index contributed by atoms with van der Waals surface area (Å²) in [5.41, 5.74) is 0.314. The van der Waals surface area contributed by atoms with Gasteiger partial charge in [-0.05, 0) is 49.8 Å². The number of nitrogens with zero attached hydrogens (tertiary/aromatic N) is 1. The monoisotopic (exact) mass is 349 g/mol. The molecule has 0 fully saturated rings. The maximum atomic E-state index is 12.8. The number of rotatable bonds is 7. The van der Waals surface area contributed by atoms with E-state index in [9.17, 15) is 14.0 Å². The van der Waals surface area contributed by atoms with E-state index in [0.717, 1.165) is 4.88 Å². The minimum atomic E-state index is -0.410. The van der Waals surface area contributed by atoms with Gasteiger partial charge in [0.05, 0.1) is 12.6 Å². The molecule has 0 aliphatic heterocycles. The Bertz CT molecular complexity index is 672. The second-order valence-corrected chi connectivity index (χ2v) is 6.47. The standard InChI is InChI=1S/C17H20FN3O2S/c1-21(2)14(15-4-3-9-24-15)10-19-16(22)11-20-17(23)12-5-7-13(18)8-6-12/h3-9,14H,10-11H2,1-2H3,(H,19,22)(H,20,23). The fraction of sp³-hybridized carbons (Fsp3) is 0.294. The quantitative estimate of drug-likeness (QED) is 0.804. The molecule has 1 unspecified atom stereocenters. The van der Waals surface area contributed by atoms with E-state index in [1.54, 1.807) is 11.3 Å². The number of likely N-dealkylation sites (N-methyl/N-ethyl adjacent to an activating group) is 1. The van der Waals surface area contributed by atoms with Crippen LogP contribution >= 0.6 is 11.3 Å². The minimum Gasteiger partial charge on any atom is -0.353 e. The molecular formula is C17H20FN3O2S. The number of carbonyl (C=O) groups excluding carboxylic acids is 2. The molecule has 0 spiro atoms. The van der Waals surface area contributed by atoms with Crippen molar-refractivity contribution >= 4 is 23.2 Å². The Hall–Kier alpha value is -2.25. The zero-order valence-corrected chi connectivity index (χ0v) is 14.4. The van der Waals surface area contributed by atoms with Gasteiger partial charge >= 0.3 is 0 Å². The van der Waals surface area contributed by atoms with Crippen molar-refractivity contribution in [2.75, 3.05) is 27.2 Å². The number of carbonyl (C=O) groups is 2. The van der Waals surface area contributed by atoms with Crippen LogP contribution in [0.2, 0.25) is 0 Å². The van der Waals surface area contributed by atoms with E-state index in [4.69, 9.17) is 0 Å². The van der Waals surface area contributed by atoms with Crippen LogP contribution in [-0.2, 0) is 4.79 Å². The van der Waals surface area contributed by atoms with E-state index in [0.29, 0.717) is 12.1 Å². The summed E-state index contributed by atoms with van der Waals surface area (Å²) in [6.45, 7) is 0.333. The van der Waals surface area contributed by atoms with Gasteiger partial charge < -0.3 is 15.5 Å². The predicted molar refractivity (Wildman–Crippen MR) is 92.5 cm³/mol. The zero-order chi connectivity index (χ0) is 17.5. The summed E-state index contributed by atoms with van der Waals surface area (Å²) in [6.07, 6.45) is 0. The van der Waals surface area contributed by atoms with Gasteiger partial charge in [-0.3, -0.25) is 9.59 Å². The first-order valence-electron chi connectivity index (χ1n) is 7.47. The van der Waals surface area contributed by atoms with Crippen molar-refractivity contribution in [3.8, 4) is 0 Å². The van der Waals surface area contributed by atoms with Crippen LogP contribution in [0.4, 0.5) is 4.39 Å². The van der Waals surface area contributed by atoms with Crippen LogP contribution in [0.5, 0.6) is 0 Å². The lowest BCUT2D eigenvalue weighted by Crippen LogP contribution is -2.40. The van der Waals surface area contributed by atoms with E-state index >= 15 is 0 Å². The van der Waals surface area contributed by atoms with Crippen molar-refractivity contribution in [3.05, 3.63) is 58.0 Å². The van der Waals surface area contributed by atoms with Gasteiger partial charge in [0.15, 0.2) is 0 Å². The third kappa shape index (κ3) is 5.14. The molecule has 0 radical (unpaired) electrons. The first-order chi connectivity index (χ1) is 11.5. The van der Waals surface area contributed by atoms with Gasteiger partial charge in [0, 0.05) is 17.0 Å². The van der Waals surface area contributed by atoms with Gasteiger partial charge in [-0.2, -0.15) is 0 Å². The molecule has 0 aliphatic carbocycles. The van der Waals surface area contributed by atoms with Crippen LogP contribution < -0.4 is 10.6 Å². The van der Waals surface area contributed by atoms with Crippen molar-refractivity contribution < 1.29 is 14.0 Å². The molecule has 0 saturated carbocycles. The Labute approximate surface area is 144 Å². The maximum absolute atomic E-state index is 12.8. The van der Waals surface area contributed by atoms with Gasteiger partial charge in [0.1, 0.15) is 5.82 Å². The van der Waals surface area contributed by atoms with Gasteiger partial charge in [0.2, 0.25) is 5.91 Å². The van der Waals surface area contributed by atoms with E-state index in [2.05, 4.69) is 10.6 Å². The minimum absolute atomic E-state index is 0.0850. The Morgan fingerprint density at radius 3 is 2.46 bits per heavy atom. The third-order valence-electron chi connectivity index (χ3n) is 3.50. The first kappa shape index (κ1) is 18.1. The molecule has 5 nitrogen and oxygen atoms in total. The van der Waals surface area contributed by atoms with Crippen LogP contribution in [0.15, 0.2) is 41.8 Å². The van der Waals surface area contributed by atoms with Crippen LogP contribution in [0.1, 0.15) is 21.3 Å². The van der Waals surface area contributed by atoms with Gasteiger partial charge in [0.25, 0.3) is 5.91 Å². The molecule has 1 aromatic carbocycles. The second-order valence-electron chi connectivity index (χ2n) is 5.49. The largest absolute Gasteiger partial charge is 0.353 e. The van der Waals surface area contributed by atoms with Crippen molar-refractivity contribution in [3.63, 3.8) is 0 Å². The van der Waals surface area contributed by atoms with Crippen LogP contribution in [-0.4, -0.2) is 43.9 Å². The fourth-order valence-corrected chi connectivity index (χ4v) is 3.08. The Balaban J connectivity index is 1.80. The molecule has 0 bridgehead atoms. The van der Waals surface area contributed by atoms with E-state index in [-0.39, 0.29) is 18.5 Å². The van der Waals surface area contributed by atoms with Gasteiger partial charge in [-0.15, -0.1) is 11.3 Å². The Morgan fingerprint density at radius 1 is 1.17 bits per heavy atom. The molecule has 24 heavy (non-hydrogen) atoms. The summed E-state index contributed by atoms with van der Waals surface area (Å²) in [5.74, 6) is -1.09. The zero-order valence-electron chi connectivity index (χ0n) is 13.6. The highest BCUT2D eigenvalue weighted by Gasteiger charge is 2.16. The summed E-state index contributed by atoms with van der Waals surface area (Å²) in [7, 11) is 3.90. The molecular weight excluding hydrogens is 329 g/mol. The SMILES string of the molecule is CN(C)C(CNC(=O)CNC(=O)c1ccc(F)cc1)c1cccs1. The lowest BCUT2D eigenvalue weighted by Gasteiger charge is -2.23. The molecule has 1 heterocycles. The molecule has 2 rings (SSSR count). The molecule has 7 heteroatoms. The van der Waals surface area contributed by atoms with Crippen molar-refractivity contribution in [1.82, 2.24) is 15.5 Å². The molecule has 1 atom stereocenters. The van der Waals surface area contributed by atoms with Gasteiger partial charge in [-0.25, -0.2) is 4.39 Å². The molecule has 128 valence electrons. The van der Waals surface area contributed by atoms with Crippen LogP contribution in [0, 0.1) is 5.82 Å². The van der Waals surface area contributed by atoms with Gasteiger partial charge in [-0.1, -0.05) is 6.07 Å². The summed E-state index contributed by atoms with van der Waals surface area (Å²) < 4.78 is 12.8. The summed E-state index contributed by atoms with van der Waals surface area (Å²) in [4.78, 5) is 27.0. The summed E-state index contributed by atoms with van der Waals surface area (Å²) in [5, 5.41) is 7.34. The van der Waals surface area contributed by atoms with Crippen molar-refractivity contribution in [1.29, 1.82) is 0 Å². The molecule has 2 N–H and O–H groups in total. The normalized spacial score (nSPS) is 12.0. The lowest BCUT2D eigenvalue weighted by atomic mass is 10.2. The molecule has 0 saturated heterocycles. The fourth-order valence-electron chi connectivity index (χ4n) is 2.16. The second kappa shape index (κ2) is 8.56. The Kier molecular flexibility index (Phi) is 6.45. The number of amides is 2. The first-order valence-corrected chi connectivity index (χ1v) is 8.35. The number of thiophene rings is 1. The number of hydrogen-bond acceptors (Lipinski definition) is 4. The topological polar surface area (TPSA) is 61.4 Å². The molecule has 2 amide bonds. The van der Waals surface area contributed by atoms with Crippen molar-refractivity contribution in [2.45, 2.75) is 6.04 Å². The highest BCUT2D eigenvalue weighted by Crippen LogP contribution is 2.22. The van der Waals surface area contributed by atoms with E-state index < -0.39 is 11.7 Å². The molecule has 0 aliphatic rings. The average molecular weight is 349 g/mol. The van der Waals surface area contributed by atoms with Crippen molar-refractivity contribution in [2.24, 2.45) is 0 Å². The predicted octanol–water partition coefficient (Wildman–Crippen LogP) is 2.04. The molecule has 1 aromatic heterocycles. The highest BCUT2D eigenvalue weighted by molar-refractivity contribution is 7.10. The average Bonchev–Trinajstić information content (AvgIpc) is 3.07. The highest BCUT2D eigenvalue weighted by atomic mass is 32.1. The maximum Gasteiger partial charge on any atom is 0.251 e. The summed E-state index contributed by atoms with van der Waals surface area (Å²) >= 11 is 1.63. The number of halogens is 1. The molecule has 2 aromatic rings. The smallest absolute Gasteiger partial charge is 0.251 e. The summed E-state index contributed by atoms with van der Waals surface area (Å²) in [6, 6.07) is 9.25. The lowest BCUT2D eigenvalue weighted by molar-refractivity contribution is -0.120. The third-order valence-corrected chi connectivity index (χ3v) is 4.48. The number of benzene rings is 1. The van der Waals surface area contributed by atoms with E-state index in [1.165, 1.54) is 24.3 Å². The Morgan fingerprint density at radius 2 is 1.88 bits per heavy atom. The number of hydrogen-bond donors (Lipinski definition) is 2. The number of nitrogens with one attached hydrogen (secondary N) is 2. The van der Waals surface area contributed by atoms with Crippen LogP contribution in [0.25, 0.3) is 0 Å².